The van der Waals surface area contributed by atoms with Gasteiger partial charge in [0.15, 0.2) is 0 Å². The number of nitrogens with zero attached hydrogens (tertiary/aromatic N) is 4. The zero-order valence-electron chi connectivity index (χ0n) is 35.2. The highest BCUT2D eigenvalue weighted by Gasteiger charge is 2.21. The van der Waals surface area contributed by atoms with Gasteiger partial charge in [-0.2, -0.15) is 0 Å². The van der Waals surface area contributed by atoms with Gasteiger partial charge in [0.05, 0.1) is 44.3 Å². The van der Waals surface area contributed by atoms with Gasteiger partial charge in [-0.1, -0.05) is 140 Å². The van der Waals surface area contributed by atoms with Crippen molar-refractivity contribution < 1.29 is 0 Å². The summed E-state index contributed by atoms with van der Waals surface area (Å²) in [6, 6.07) is 83.7. The van der Waals surface area contributed by atoms with Gasteiger partial charge in [-0.05, 0) is 102 Å². The molecule has 0 saturated carbocycles. The highest BCUT2D eigenvalue weighted by Crippen LogP contribution is 2.43. The smallest absolute Gasteiger partial charge is 0.0788 e. The molecule has 4 aromatic heterocycles. The lowest BCUT2D eigenvalue weighted by Gasteiger charge is -2.14. The van der Waals surface area contributed by atoms with Crippen LogP contribution in [0, 0.1) is 0 Å². The summed E-state index contributed by atoms with van der Waals surface area (Å²) >= 11 is 0. The van der Waals surface area contributed by atoms with Crippen molar-refractivity contribution >= 4 is 87.1 Å². The van der Waals surface area contributed by atoms with Crippen LogP contribution in [0.1, 0.15) is 0 Å². The highest BCUT2D eigenvalue weighted by molar-refractivity contribution is 6.29. The zero-order valence-corrected chi connectivity index (χ0v) is 35.2. The molecule has 0 amide bonds. The number of para-hydroxylation sites is 6. The topological polar surface area (TPSA) is 27.7 Å². The molecule has 0 unspecified atom stereocenters. The molecule has 0 aliphatic carbocycles. The Morgan fingerprint density at radius 1 is 0.246 bits per heavy atom. The first-order chi connectivity index (χ1) is 32.3. The third kappa shape index (κ3) is 5.28. The zero-order chi connectivity index (χ0) is 42.6. The summed E-state index contributed by atoms with van der Waals surface area (Å²) < 4.78 is 7.18. The van der Waals surface area contributed by atoms with Crippen molar-refractivity contribution in [1.82, 2.24) is 18.7 Å². The molecule has 65 heavy (non-hydrogen) atoms. The van der Waals surface area contributed by atoms with Crippen molar-refractivity contribution in [2.45, 2.75) is 0 Å². The lowest BCUT2D eigenvalue weighted by atomic mass is 9.96. The lowest BCUT2D eigenvalue weighted by Crippen LogP contribution is -1.95. The molecule has 14 aromatic rings. The number of benzene rings is 10. The number of hydrogen-bond donors (Lipinski definition) is 0. The quantitative estimate of drug-likeness (QED) is 0.159. The monoisotopic (exact) mass is 826 g/mol. The maximum atomic E-state index is 5.39. The summed E-state index contributed by atoms with van der Waals surface area (Å²) in [7, 11) is 0. The van der Waals surface area contributed by atoms with E-state index in [4.69, 9.17) is 4.98 Å². The van der Waals surface area contributed by atoms with Crippen molar-refractivity contribution in [1.29, 1.82) is 0 Å². The third-order valence-corrected chi connectivity index (χ3v) is 13.6. The average Bonchev–Trinajstić information content (AvgIpc) is 4.02. The van der Waals surface area contributed by atoms with E-state index in [0.717, 1.165) is 38.9 Å². The van der Waals surface area contributed by atoms with Crippen LogP contribution in [0.25, 0.3) is 127 Å². The second-order valence-electron chi connectivity index (χ2n) is 17.1. The molecule has 0 fully saturated rings. The molecular formula is C61H38N4. The van der Waals surface area contributed by atoms with Gasteiger partial charge in [0.1, 0.15) is 0 Å². The van der Waals surface area contributed by atoms with Gasteiger partial charge >= 0.3 is 0 Å². The summed E-state index contributed by atoms with van der Waals surface area (Å²) in [5, 5.41) is 11.0. The van der Waals surface area contributed by atoms with Crippen molar-refractivity contribution in [3.8, 4) is 39.4 Å². The van der Waals surface area contributed by atoms with E-state index in [1.54, 1.807) is 0 Å². The third-order valence-electron chi connectivity index (χ3n) is 13.6. The Kier molecular flexibility index (Phi) is 7.65. The van der Waals surface area contributed by atoms with Crippen molar-refractivity contribution in [3.05, 3.63) is 231 Å². The van der Waals surface area contributed by atoms with Crippen molar-refractivity contribution in [2.24, 2.45) is 0 Å². The molecule has 0 spiro atoms. The molecule has 302 valence electrons. The summed E-state index contributed by atoms with van der Waals surface area (Å²) in [5.74, 6) is 0. The molecule has 0 aliphatic rings. The molecular weight excluding hydrogens is 789 g/mol. The molecule has 0 N–H and O–H groups in total. The van der Waals surface area contributed by atoms with Crippen molar-refractivity contribution in [2.75, 3.05) is 0 Å². The molecule has 0 aliphatic heterocycles. The van der Waals surface area contributed by atoms with Gasteiger partial charge in [-0.3, -0.25) is 0 Å². The van der Waals surface area contributed by atoms with Gasteiger partial charge in [0.25, 0.3) is 0 Å². The molecule has 0 bridgehead atoms. The SMILES string of the molecule is c1ccc(-n2c3ccccc3c3cc(-c4ccc5c(c4)c4ccccc4n5-c4ccc(-c5nc6ccccc6c6c5ccc5c6c6ccccc6n5-c5ccccc5)cc4)ccc32)cc1. The van der Waals surface area contributed by atoms with Crippen LogP contribution in [0.2, 0.25) is 0 Å². The predicted octanol–water partition coefficient (Wildman–Crippen LogP) is 16.0. The predicted molar refractivity (Wildman–Crippen MR) is 273 cm³/mol. The van der Waals surface area contributed by atoms with E-state index in [-0.39, 0.29) is 0 Å². The Bertz CT molecular complexity index is 4210. The minimum atomic E-state index is 0.986. The molecule has 4 nitrogen and oxygen atoms in total. The van der Waals surface area contributed by atoms with Crippen LogP contribution >= 0.6 is 0 Å². The Hall–Kier alpha value is -8.73. The summed E-state index contributed by atoms with van der Waals surface area (Å²) in [6.45, 7) is 0. The molecule has 0 radical (unpaired) electrons. The molecule has 0 saturated heterocycles. The lowest BCUT2D eigenvalue weighted by molar-refractivity contribution is 1.18. The van der Waals surface area contributed by atoms with E-state index < -0.39 is 0 Å². The van der Waals surface area contributed by atoms with Crippen LogP contribution in [0.5, 0.6) is 0 Å². The van der Waals surface area contributed by atoms with Crippen molar-refractivity contribution in [3.63, 3.8) is 0 Å². The standard InChI is InChI=1S/C61H38N4/c1-3-15-42(16-4-1)63-53-24-12-8-19-45(53)50-37-40(29-34-56(50)63)41-30-35-57-51(38-41)46-20-9-13-25-54(46)64(57)44-31-27-39(28-32-44)61-49-33-36-58-60(59(49)47-21-7-11-23-52(47)62-61)48-22-10-14-26-55(48)65(58)43-17-5-2-6-18-43/h1-38H. The van der Waals surface area contributed by atoms with E-state index >= 15 is 0 Å². The number of aromatic nitrogens is 4. The van der Waals surface area contributed by atoms with Crippen LogP contribution in [-0.2, 0) is 0 Å². The van der Waals surface area contributed by atoms with E-state index in [9.17, 15) is 0 Å². The number of hydrogen-bond acceptors (Lipinski definition) is 1. The van der Waals surface area contributed by atoms with E-state index in [2.05, 4.69) is 244 Å². The summed E-state index contributed by atoms with van der Waals surface area (Å²) in [5.41, 5.74) is 16.1. The Morgan fingerprint density at radius 3 is 1.25 bits per heavy atom. The van der Waals surface area contributed by atoms with Gasteiger partial charge in [-0.15, -0.1) is 0 Å². The molecule has 10 aromatic carbocycles. The Morgan fingerprint density at radius 2 is 0.662 bits per heavy atom. The Labute approximate surface area is 374 Å². The van der Waals surface area contributed by atoms with Crippen LogP contribution < -0.4 is 0 Å². The summed E-state index contributed by atoms with van der Waals surface area (Å²) in [6.07, 6.45) is 0. The molecule has 4 heterocycles. The van der Waals surface area contributed by atoms with E-state index in [0.29, 0.717) is 0 Å². The first-order valence-corrected chi connectivity index (χ1v) is 22.3. The van der Waals surface area contributed by atoms with Crippen LogP contribution in [0.15, 0.2) is 231 Å². The van der Waals surface area contributed by atoms with Gasteiger partial charge in [0.2, 0.25) is 0 Å². The Balaban J connectivity index is 0.910. The minimum Gasteiger partial charge on any atom is -0.309 e. The van der Waals surface area contributed by atoms with E-state index in [1.165, 1.54) is 87.6 Å². The van der Waals surface area contributed by atoms with Crippen LogP contribution in [0.3, 0.4) is 0 Å². The normalized spacial score (nSPS) is 12.0. The molecule has 4 heteroatoms. The fraction of sp³-hybridized carbons (Fsp3) is 0. The molecule has 14 rings (SSSR count). The highest BCUT2D eigenvalue weighted by atomic mass is 15.0. The average molecular weight is 827 g/mol. The molecule has 0 atom stereocenters. The number of fused-ring (bicyclic) bond motifs is 13. The van der Waals surface area contributed by atoms with E-state index in [1.807, 2.05) is 0 Å². The second kappa shape index (κ2) is 13.9. The second-order valence-corrected chi connectivity index (χ2v) is 17.1. The van der Waals surface area contributed by atoms with Crippen LogP contribution in [0.4, 0.5) is 0 Å². The van der Waals surface area contributed by atoms with Crippen LogP contribution in [-0.4, -0.2) is 18.7 Å². The fourth-order valence-electron chi connectivity index (χ4n) is 10.8. The largest absolute Gasteiger partial charge is 0.309 e. The van der Waals surface area contributed by atoms with Gasteiger partial charge in [0, 0.05) is 71.1 Å². The summed E-state index contributed by atoms with van der Waals surface area (Å²) in [4.78, 5) is 5.39. The number of pyridine rings is 1. The first-order valence-electron chi connectivity index (χ1n) is 22.3. The van der Waals surface area contributed by atoms with Gasteiger partial charge in [-0.25, -0.2) is 4.98 Å². The fourth-order valence-corrected chi connectivity index (χ4v) is 10.8. The first kappa shape index (κ1) is 35.8. The van der Waals surface area contributed by atoms with Gasteiger partial charge < -0.3 is 13.7 Å². The maximum absolute atomic E-state index is 5.39. The maximum Gasteiger partial charge on any atom is 0.0788 e. The number of rotatable bonds is 5. The minimum absolute atomic E-state index is 0.986.